The van der Waals surface area contributed by atoms with E-state index in [9.17, 15) is 60.7 Å². The summed E-state index contributed by atoms with van der Waals surface area (Å²) in [6, 6.07) is 7.58. The van der Waals surface area contributed by atoms with Crippen molar-refractivity contribution >= 4 is 24.1 Å². The molecule has 2 heterocycles. The molecule has 4 rings (SSSR count). The Bertz CT molecular complexity index is 1460. The van der Waals surface area contributed by atoms with Crippen LogP contribution in [0.1, 0.15) is 11.1 Å². The Balaban J connectivity index is 1.30. The van der Waals surface area contributed by atoms with Crippen molar-refractivity contribution in [2.45, 2.75) is 61.4 Å². The Hall–Kier alpha value is -4.30. The molecular weight excluding hydrogens is 632 g/mol. The topological polar surface area (TPSA) is 283 Å². The van der Waals surface area contributed by atoms with Crippen molar-refractivity contribution in [1.82, 2.24) is 0 Å². The third-order valence-corrected chi connectivity index (χ3v) is 7.19. The highest BCUT2D eigenvalue weighted by molar-refractivity contribution is 5.87. The predicted octanol–water partition coefficient (Wildman–Crippen LogP) is -2.40. The van der Waals surface area contributed by atoms with Gasteiger partial charge in [0.1, 0.15) is 55.4 Å². The maximum atomic E-state index is 12.3. The lowest BCUT2D eigenvalue weighted by Gasteiger charge is -2.39. The van der Waals surface area contributed by atoms with Crippen molar-refractivity contribution in [1.29, 1.82) is 0 Å². The van der Waals surface area contributed by atoms with Gasteiger partial charge in [-0.3, -0.25) is 0 Å². The van der Waals surface area contributed by atoms with Crippen molar-refractivity contribution in [2.24, 2.45) is 0 Å². The van der Waals surface area contributed by atoms with Gasteiger partial charge in [0.05, 0.1) is 6.61 Å². The number of aliphatic hydroxyl groups is 7. The van der Waals surface area contributed by atoms with Gasteiger partial charge in [0, 0.05) is 12.2 Å². The van der Waals surface area contributed by atoms with Gasteiger partial charge in [0.15, 0.2) is 23.0 Å². The fraction of sp³-hybridized carbons (Fsp3) is 0.400. The second kappa shape index (κ2) is 15.5. The van der Waals surface area contributed by atoms with E-state index in [-0.39, 0.29) is 17.1 Å². The number of rotatable bonds is 10. The smallest absolute Gasteiger partial charge is 0.333 e. The zero-order valence-electron chi connectivity index (χ0n) is 24.3. The lowest BCUT2D eigenvalue weighted by Crippen LogP contribution is -2.60. The van der Waals surface area contributed by atoms with E-state index >= 15 is 0 Å². The summed E-state index contributed by atoms with van der Waals surface area (Å²) in [5.74, 6) is -3.42. The molecule has 2 saturated heterocycles. The molecule has 2 aliphatic heterocycles. The minimum absolute atomic E-state index is 0.191. The van der Waals surface area contributed by atoms with Crippen LogP contribution in [0.4, 0.5) is 0 Å². The Labute approximate surface area is 265 Å². The normalized spacial score (nSPS) is 31.1. The zero-order valence-corrected chi connectivity index (χ0v) is 24.3. The molecular formula is C30H34O17. The summed E-state index contributed by atoms with van der Waals surface area (Å²) in [5.41, 5.74) is 0.596. The van der Waals surface area contributed by atoms with Crippen LogP contribution < -0.4 is 4.74 Å². The lowest BCUT2D eigenvalue weighted by atomic mass is 9.99. The van der Waals surface area contributed by atoms with Crippen molar-refractivity contribution < 1.29 is 84.3 Å². The minimum Gasteiger partial charge on any atom is -0.504 e. The average molecular weight is 667 g/mol. The van der Waals surface area contributed by atoms with E-state index in [2.05, 4.69) is 0 Å². The molecule has 256 valence electrons. The number of ether oxygens (including phenoxy) is 5. The summed E-state index contributed by atoms with van der Waals surface area (Å²) >= 11 is 0. The highest BCUT2D eigenvalue weighted by Crippen LogP contribution is 2.32. The van der Waals surface area contributed by atoms with Crippen LogP contribution in [0.25, 0.3) is 12.2 Å². The van der Waals surface area contributed by atoms with Crippen LogP contribution in [0.3, 0.4) is 0 Å². The van der Waals surface area contributed by atoms with E-state index in [0.717, 1.165) is 12.2 Å². The molecule has 2 fully saturated rings. The third-order valence-electron chi connectivity index (χ3n) is 7.19. The monoisotopic (exact) mass is 666 g/mol. The molecule has 2 aromatic carbocycles. The number of carbonyl (C=O) groups excluding carboxylic acids is 2. The largest absolute Gasteiger partial charge is 0.504 e. The molecule has 10 atom stereocenters. The third kappa shape index (κ3) is 8.74. The highest BCUT2D eigenvalue weighted by atomic mass is 16.7. The van der Waals surface area contributed by atoms with E-state index in [4.69, 9.17) is 23.7 Å². The first-order valence-electron chi connectivity index (χ1n) is 14.0. The van der Waals surface area contributed by atoms with Gasteiger partial charge < -0.3 is 74.7 Å². The summed E-state index contributed by atoms with van der Waals surface area (Å²) in [6.45, 7) is -1.31. The summed E-state index contributed by atoms with van der Waals surface area (Å²) < 4.78 is 26.0. The van der Waals surface area contributed by atoms with Crippen LogP contribution in [0.2, 0.25) is 0 Å². The van der Waals surface area contributed by atoms with Crippen LogP contribution in [-0.4, -0.2) is 138 Å². The number of carbonyl (C=O) groups is 2. The Morgan fingerprint density at radius 2 is 1.21 bits per heavy atom. The first kappa shape index (κ1) is 35.6. The molecule has 2 aromatic rings. The fourth-order valence-corrected chi connectivity index (χ4v) is 4.52. The van der Waals surface area contributed by atoms with Crippen LogP contribution in [0, 0.1) is 0 Å². The van der Waals surface area contributed by atoms with Crippen LogP contribution in [-0.2, 0) is 28.5 Å². The highest BCUT2D eigenvalue weighted by Gasteiger charge is 2.46. The van der Waals surface area contributed by atoms with Gasteiger partial charge in [0.25, 0.3) is 0 Å². The lowest BCUT2D eigenvalue weighted by molar-refractivity contribution is -0.291. The Morgan fingerprint density at radius 3 is 1.83 bits per heavy atom. The molecule has 0 amide bonds. The standard InChI is InChI=1S/C30H34O17/c31-11-19-23(37)25(39)27(41)29(45-19)44-18-6-2-14(10-17(18)34)3-7-21(35)43-12-20-24(38)26(40)28(42)30(46-20)47-22(36)8-4-13-1-5-15(32)16(33)9-13/h1-10,19-20,23-34,37-42H,11-12H2/t19-,20-,23-,24-,25+,26+,27-,28-,29-,30+/m1/s1. The summed E-state index contributed by atoms with van der Waals surface area (Å²) in [6.07, 6.45) is -12.0. The zero-order chi connectivity index (χ0) is 34.4. The molecule has 0 bridgehead atoms. The van der Waals surface area contributed by atoms with E-state index < -0.39 is 98.1 Å². The summed E-state index contributed by atoms with van der Waals surface area (Å²) in [5, 5.41) is 99.1. The van der Waals surface area contributed by atoms with Gasteiger partial charge >= 0.3 is 11.9 Å². The molecule has 0 aromatic heterocycles. The molecule has 0 aliphatic carbocycles. The second-order valence-electron chi connectivity index (χ2n) is 10.5. The van der Waals surface area contributed by atoms with Crippen molar-refractivity contribution in [3.8, 4) is 23.0 Å². The van der Waals surface area contributed by atoms with Gasteiger partial charge in [-0.1, -0.05) is 12.1 Å². The second-order valence-corrected chi connectivity index (χ2v) is 10.5. The predicted molar refractivity (Wildman–Crippen MR) is 154 cm³/mol. The number of esters is 2. The maximum absolute atomic E-state index is 12.3. The molecule has 2 aliphatic rings. The van der Waals surface area contributed by atoms with Crippen molar-refractivity contribution in [3.63, 3.8) is 0 Å². The van der Waals surface area contributed by atoms with Crippen LogP contribution in [0.15, 0.2) is 48.6 Å². The molecule has 0 radical (unpaired) electrons. The van der Waals surface area contributed by atoms with Gasteiger partial charge in [-0.2, -0.15) is 0 Å². The van der Waals surface area contributed by atoms with Gasteiger partial charge in [-0.25, -0.2) is 9.59 Å². The van der Waals surface area contributed by atoms with E-state index in [0.29, 0.717) is 5.56 Å². The van der Waals surface area contributed by atoms with E-state index in [1.807, 2.05) is 0 Å². The first-order valence-corrected chi connectivity index (χ1v) is 14.0. The maximum Gasteiger partial charge on any atom is 0.333 e. The fourth-order valence-electron chi connectivity index (χ4n) is 4.52. The number of hydrogen-bond acceptors (Lipinski definition) is 17. The first-order chi connectivity index (χ1) is 22.3. The van der Waals surface area contributed by atoms with Crippen LogP contribution >= 0.6 is 0 Å². The van der Waals surface area contributed by atoms with Crippen LogP contribution in [0.5, 0.6) is 23.0 Å². The summed E-state index contributed by atoms with van der Waals surface area (Å²) in [4.78, 5) is 24.6. The van der Waals surface area contributed by atoms with E-state index in [1.54, 1.807) is 0 Å². The Kier molecular flexibility index (Phi) is 11.7. The SMILES string of the molecule is O=C(C=Cc1ccc(O[C@@H]2O[C@H](CO)[C@@H](O)[C@H](O)[C@H]2O)c(O)c1)OC[C@H]1O[C@@H](OC(=O)C=Cc2ccc(O)c(O)c2)[C@H](O)[C@@H](O)[C@@H]1O. The van der Waals surface area contributed by atoms with Crippen molar-refractivity contribution in [2.75, 3.05) is 13.2 Å². The van der Waals surface area contributed by atoms with E-state index in [1.165, 1.54) is 48.6 Å². The average Bonchev–Trinajstić information content (AvgIpc) is 3.05. The Morgan fingerprint density at radius 1 is 0.660 bits per heavy atom. The minimum atomic E-state index is -1.85. The molecule has 10 N–H and O–H groups in total. The molecule has 17 heteroatoms. The number of phenols is 3. The molecule has 47 heavy (non-hydrogen) atoms. The number of aromatic hydroxyl groups is 3. The number of benzene rings is 2. The van der Waals surface area contributed by atoms with Crippen molar-refractivity contribution in [3.05, 3.63) is 59.7 Å². The molecule has 0 saturated carbocycles. The number of hydrogen-bond donors (Lipinski definition) is 10. The number of phenolic OH excluding ortho intramolecular Hbond substituents is 3. The number of aliphatic hydroxyl groups excluding tert-OH is 7. The molecule has 0 unspecified atom stereocenters. The van der Waals surface area contributed by atoms with Gasteiger partial charge in [0.2, 0.25) is 12.6 Å². The van der Waals surface area contributed by atoms with Gasteiger partial charge in [-0.05, 0) is 47.5 Å². The van der Waals surface area contributed by atoms with Gasteiger partial charge in [-0.15, -0.1) is 0 Å². The quantitative estimate of drug-likeness (QED) is 0.0719. The summed E-state index contributed by atoms with van der Waals surface area (Å²) in [7, 11) is 0. The molecule has 17 nitrogen and oxygen atoms in total. The molecule has 0 spiro atoms.